The predicted octanol–water partition coefficient (Wildman–Crippen LogP) is 19.4. The number of fused-ring (bicyclic) bond motifs is 10. The zero-order valence-electron chi connectivity index (χ0n) is 38.3. The number of hydrogen-bond acceptors (Lipinski definition) is 0. The van der Waals surface area contributed by atoms with Crippen LogP contribution in [-0.4, -0.2) is 0 Å². The number of allylic oxidation sites excluding steroid dienone is 4. The van der Waals surface area contributed by atoms with Crippen molar-refractivity contribution in [2.45, 2.75) is 190 Å². The first-order valence-corrected chi connectivity index (χ1v) is 22.4. The molecule has 2 fully saturated rings. The van der Waals surface area contributed by atoms with Crippen molar-refractivity contribution in [1.82, 2.24) is 0 Å². The molecule has 5 aliphatic carbocycles. The summed E-state index contributed by atoms with van der Waals surface area (Å²) >= 11 is 0. The van der Waals surface area contributed by atoms with Crippen LogP contribution in [0.3, 0.4) is 0 Å². The molecule has 0 saturated heterocycles. The first kappa shape index (κ1) is 62.3. The maximum absolute atomic E-state index is 2.55. The first-order valence-electron chi connectivity index (χ1n) is 22.4. The molecule has 3 aromatic carbocycles. The lowest BCUT2D eigenvalue weighted by molar-refractivity contribution is -0.00626. The highest BCUT2D eigenvalue weighted by Crippen LogP contribution is 2.77. The summed E-state index contributed by atoms with van der Waals surface area (Å²) in [6, 6.07) is 31.0. The van der Waals surface area contributed by atoms with Gasteiger partial charge in [-0.05, 0) is 82.4 Å². The molecule has 0 aromatic heterocycles. The van der Waals surface area contributed by atoms with Gasteiger partial charge in [0, 0.05) is 5.41 Å². The maximum atomic E-state index is 2.55. The fraction of sp³-hybridized carbons (Fsp3) is 0.607. The molecule has 1 spiro atoms. The Morgan fingerprint density at radius 3 is 1.25 bits per heavy atom. The summed E-state index contributed by atoms with van der Waals surface area (Å²) in [7, 11) is 0. The lowest BCUT2D eigenvalue weighted by atomic mass is 9.48. The van der Waals surface area contributed by atoms with Crippen molar-refractivity contribution in [2.24, 2.45) is 35.5 Å². The van der Waals surface area contributed by atoms with Crippen LogP contribution in [0.25, 0.3) is 0 Å². The Morgan fingerprint density at radius 2 is 0.875 bits per heavy atom. The van der Waals surface area contributed by atoms with Crippen molar-refractivity contribution in [3.05, 3.63) is 131 Å². The quantitative estimate of drug-likeness (QED) is 0.213. The van der Waals surface area contributed by atoms with Crippen LogP contribution in [0.4, 0.5) is 0 Å². The van der Waals surface area contributed by atoms with Crippen LogP contribution >= 0.6 is 0 Å². The van der Waals surface area contributed by atoms with Crippen molar-refractivity contribution in [3.63, 3.8) is 0 Å². The summed E-state index contributed by atoms with van der Waals surface area (Å²) in [5, 5.41) is 0. The average Bonchev–Trinajstić information content (AvgIpc) is 3.99. The Morgan fingerprint density at radius 1 is 0.518 bits per heavy atom. The second-order valence-corrected chi connectivity index (χ2v) is 13.6. The Hall–Kier alpha value is -2.86. The third kappa shape index (κ3) is 14.5. The summed E-state index contributed by atoms with van der Waals surface area (Å²) in [6.07, 6.45) is 13.5. The molecule has 0 nitrogen and oxygen atoms in total. The third-order valence-corrected chi connectivity index (χ3v) is 10.9. The second-order valence-electron chi connectivity index (χ2n) is 13.6. The monoisotopic (exact) mass is 773 g/mol. The van der Waals surface area contributed by atoms with E-state index in [0.717, 1.165) is 41.9 Å². The Labute approximate surface area is 355 Å². The van der Waals surface area contributed by atoms with E-state index in [0.29, 0.717) is 11.8 Å². The molecular weight excluding hydrogens is 673 g/mol. The highest BCUT2D eigenvalue weighted by molar-refractivity contribution is 5.61. The minimum atomic E-state index is 0. The molecule has 5 aliphatic rings. The summed E-state index contributed by atoms with van der Waals surface area (Å²) in [4.78, 5) is 0. The number of rotatable bonds is 0. The van der Waals surface area contributed by atoms with E-state index in [9.17, 15) is 0 Å². The van der Waals surface area contributed by atoms with Crippen LogP contribution < -0.4 is 0 Å². The Bertz CT molecular complexity index is 1280. The van der Waals surface area contributed by atoms with E-state index in [1.165, 1.54) is 19.3 Å². The van der Waals surface area contributed by atoms with Gasteiger partial charge in [0.15, 0.2) is 0 Å². The van der Waals surface area contributed by atoms with Gasteiger partial charge in [0.2, 0.25) is 0 Å². The van der Waals surface area contributed by atoms with Gasteiger partial charge in [0.1, 0.15) is 0 Å². The van der Waals surface area contributed by atoms with Crippen LogP contribution in [0.5, 0.6) is 0 Å². The molecule has 9 atom stereocenters. The smallest absolute Gasteiger partial charge is 0.0276 e. The molecule has 56 heavy (non-hydrogen) atoms. The molecule has 0 N–H and O–H groups in total. The lowest BCUT2D eigenvalue weighted by Crippen LogP contribution is -2.52. The van der Waals surface area contributed by atoms with Crippen molar-refractivity contribution >= 4 is 0 Å². The summed E-state index contributed by atoms with van der Waals surface area (Å²) in [6.45, 7) is 38.6. The summed E-state index contributed by atoms with van der Waals surface area (Å²) in [5.41, 5.74) is 6.95. The fourth-order valence-electron chi connectivity index (χ4n) is 9.11. The maximum Gasteiger partial charge on any atom is 0.0276 e. The zero-order valence-corrected chi connectivity index (χ0v) is 38.3. The topological polar surface area (TPSA) is 0 Å². The van der Waals surface area contributed by atoms with Crippen molar-refractivity contribution in [1.29, 1.82) is 0 Å². The van der Waals surface area contributed by atoms with Crippen molar-refractivity contribution in [3.8, 4) is 0 Å². The van der Waals surface area contributed by atoms with Crippen molar-refractivity contribution < 1.29 is 0 Å². The molecule has 0 heteroatoms. The van der Waals surface area contributed by atoms with E-state index in [-0.39, 0.29) is 27.7 Å². The summed E-state index contributed by atoms with van der Waals surface area (Å²) < 4.78 is 0. The molecule has 0 amide bonds. The highest BCUT2D eigenvalue weighted by atomic mass is 14.7. The van der Waals surface area contributed by atoms with E-state index in [1.807, 2.05) is 106 Å². The fourth-order valence-corrected chi connectivity index (χ4v) is 9.11. The van der Waals surface area contributed by atoms with Crippen LogP contribution in [0, 0.1) is 35.5 Å². The molecule has 0 bridgehead atoms. The van der Waals surface area contributed by atoms with Gasteiger partial charge in [-0.1, -0.05) is 269 Å². The lowest BCUT2D eigenvalue weighted by Gasteiger charge is -2.55. The highest BCUT2D eigenvalue weighted by Gasteiger charge is 2.71. The average molecular weight is 773 g/mol. The number of hydrogen-bond donors (Lipinski definition) is 0. The van der Waals surface area contributed by atoms with E-state index in [4.69, 9.17) is 0 Å². The molecule has 2 saturated carbocycles. The molecular formula is C56H100. The van der Waals surface area contributed by atoms with Gasteiger partial charge in [-0.2, -0.15) is 0 Å². The van der Waals surface area contributed by atoms with E-state index < -0.39 is 0 Å². The summed E-state index contributed by atoms with van der Waals surface area (Å²) in [5.74, 6) is 6.62. The third-order valence-electron chi connectivity index (χ3n) is 10.9. The second kappa shape index (κ2) is 36.5. The number of benzene rings is 3. The molecule has 8 rings (SSSR count). The van der Waals surface area contributed by atoms with E-state index in [2.05, 4.69) is 128 Å². The molecule has 324 valence electrons. The normalized spacial score (nSPS) is 25.5. The van der Waals surface area contributed by atoms with Gasteiger partial charge in [0.25, 0.3) is 0 Å². The van der Waals surface area contributed by atoms with Gasteiger partial charge < -0.3 is 0 Å². The Balaban J connectivity index is -0.000000241. The van der Waals surface area contributed by atoms with Gasteiger partial charge in [-0.3, -0.25) is 0 Å². The molecule has 0 aliphatic heterocycles. The molecule has 3 aromatic rings. The first-order chi connectivity index (χ1) is 25.9. The van der Waals surface area contributed by atoms with Gasteiger partial charge in [-0.15, -0.1) is 0 Å². The van der Waals surface area contributed by atoms with Crippen molar-refractivity contribution in [2.75, 3.05) is 0 Å². The molecule has 0 radical (unpaired) electrons. The van der Waals surface area contributed by atoms with E-state index >= 15 is 0 Å². The van der Waals surface area contributed by atoms with Crippen LogP contribution in [-0.2, 0) is 5.41 Å². The van der Waals surface area contributed by atoms with E-state index in [1.54, 1.807) is 22.3 Å². The standard InChI is InChI=1S/C26H30.C6H6.C5H6.2C3H8.5C2H6.3CH4/c1-14-13-20-23(15(14)2)24-19-10-6-8-12-22(19)26(25(20)24)17(4)16(3)18-9-5-7-11-21(18)26;1-2-4-6-5-3-1;1-2-4-5-3-1;2*1-3-2;5*1-2;;;/h5-12,14-17,20,23-25H,13H2,1-4H3;1-6H;1-4H,5H2;2*3H2,1-2H3;5*1-2H3;3*1H4/t14-,15-,16+,17-,20+,23-,24?,25+,26?;;;;;;;;;;;;/m1............/s1. The molecule has 2 unspecified atom stereocenters. The minimum Gasteiger partial charge on any atom is -0.0808 e. The SMILES string of the molecule is C.C.C.C1=CCC=C1.CC.CC.CC.CC.CC.CCC.CCC.C[C@H]1[C@H]2C3c4ccccc4C4(c5ccccc5[C@@H](C)[C@H]4C)[C@H]3[C@H]2C[C@H]1C.c1ccccc1. The Kier molecular flexibility index (Phi) is 40.6. The molecule has 0 heterocycles. The zero-order chi connectivity index (χ0) is 41.0. The minimum absolute atomic E-state index is 0. The largest absolute Gasteiger partial charge is 0.0808 e. The van der Waals surface area contributed by atoms with Gasteiger partial charge in [-0.25, -0.2) is 0 Å². The van der Waals surface area contributed by atoms with Crippen LogP contribution in [0.2, 0.25) is 0 Å². The van der Waals surface area contributed by atoms with Crippen LogP contribution in [0.15, 0.2) is 109 Å². The predicted molar refractivity (Wildman–Crippen MR) is 266 cm³/mol. The van der Waals surface area contributed by atoms with Gasteiger partial charge in [0.05, 0.1) is 0 Å². The van der Waals surface area contributed by atoms with Gasteiger partial charge >= 0.3 is 0 Å². The van der Waals surface area contributed by atoms with Crippen LogP contribution in [0.1, 0.15) is 207 Å².